The maximum Gasteiger partial charge on any atom is 0.243 e. The molecule has 1 unspecified atom stereocenters. The van der Waals surface area contributed by atoms with Crippen molar-refractivity contribution < 1.29 is 13.2 Å². The lowest BCUT2D eigenvalue weighted by molar-refractivity contribution is -0.121. The Kier molecular flexibility index (Phi) is 6.44. The molecule has 0 aliphatic rings. The minimum absolute atomic E-state index is 0.221. The first-order valence-corrected chi connectivity index (χ1v) is 10.0. The van der Waals surface area contributed by atoms with Crippen LogP contribution in [-0.2, 0) is 14.8 Å². The molecule has 2 aromatic rings. The van der Waals surface area contributed by atoms with E-state index in [4.69, 9.17) is 11.6 Å². The molecule has 140 valence electrons. The van der Waals surface area contributed by atoms with Crippen molar-refractivity contribution in [3.8, 4) is 0 Å². The first kappa shape index (κ1) is 20.4. The van der Waals surface area contributed by atoms with Gasteiger partial charge in [-0.05, 0) is 55.7 Å². The van der Waals surface area contributed by atoms with Crippen LogP contribution in [0.3, 0.4) is 0 Å². The number of benzene rings is 2. The van der Waals surface area contributed by atoms with Crippen LogP contribution in [0.4, 0.5) is 0 Å². The van der Waals surface area contributed by atoms with Crippen molar-refractivity contribution in [2.24, 2.45) is 0 Å². The molecule has 7 heteroatoms. The molecule has 0 aromatic heterocycles. The molecular weight excluding hydrogens is 372 g/mol. The van der Waals surface area contributed by atoms with E-state index in [9.17, 15) is 13.2 Å². The van der Waals surface area contributed by atoms with E-state index in [1.165, 1.54) is 7.05 Å². The van der Waals surface area contributed by atoms with E-state index >= 15 is 0 Å². The zero-order chi connectivity index (χ0) is 19.5. The molecule has 0 radical (unpaired) electrons. The zero-order valence-corrected chi connectivity index (χ0v) is 16.9. The lowest BCUT2D eigenvalue weighted by Gasteiger charge is -2.20. The summed E-state index contributed by atoms with van der Waals surface area (Å²) in [5.74, 6) is -0.371. The van der Waals surface area contributed by atoms with Crippen molar-refractivity contribution in [2.75, 3.05) is 13.6 Å². The van der Waals surface area contributed by atoms with Gasteiger partial charge in [-0.1, -0.05) is 35.9 Å². The average molecular weight is 395 g/mol. The van der Waals surface area contributed by atoms with Gasteiger partial charge in [-0.25, -0.2) is 8.42 Å². The summed E-state index contributed by atoms with van der Waals surface area (Å²) in [7, 11) is -2.33. The van der Waals surface area contributed by atoms with Gasteiger partial charge in [0.15, 0.2) is 0 Å². The van der Waals surface area contributed by atoms with Crippen LogP contribution in [0, 0.1) is 13.8 Å². The van der Waals surface area contributed by atoms with E-state index in [2.05, 4.69) is 5.32 Å². The molecule has 0 aliphatic heterocycles. The van der Waals surface area contributed by atoms with E-state index in [1.54, 1.807) is 31.2 Å². The molecule has 0 bridgehead atoms. The number of amides is 1. The number of rotatable bonds is 6. The molecule has 1 atom stereocenters. The Labute approximate surface area is 160 Å². The highest BCUT2D eigenvalue weighted by molar-refractivity contribution is 7.89. The first-order valence-electron chi connectivity index (χ1n) is 8.19. The van der Waals surface area contributed by atoms with Crippen LogP contribution in [0.25, 0.3) is 0 Å². The second kappa shape index (κ2) is 8.20. The summed E-state index contributed by atoms with van der Waals surface area (Å²) in [5.41, 5.74) is 2.39. The van der Waals surface area contributed by atoms with Crippen molar-refractivity contribution in [2.45, 2.75) is 31.7 Å². The van der Waals surface area contributed by atoms with Gasteiger partial charge in [0.05, 0.1) is 17.5 Å². The van der Waals surface area contributed by atoms with Gasteiger partial charge >= 0.3 is 0 Å². The zero-order valence-electron chi connectivity index (χ0n) is 15.3. The Morgan fingerprint density at radius 3 is 2.38 bits per heavy atom. The lowest BCUT2D eigenvalue weighted by atomic mass is 10.1. The maximum atomic E-state index is 12.8. The van der Waals surface area contributed by atoms with Gasteiger partial charge in [0.2, 0.25) is 15.9 Å². The summed E-state index contributed by atoms with van der Waals surface area (Å²) in [6.07, 6.45) is 0. The quantitative estimate of drug-likeness (QED) is 0.815. The van der Waals surface area contributed by atoms with Gasteiger partial charge in [-0.2, -0.15) is 4.31 Å². The molecule has 0 fully saturated rings. The van der Waals surface area contributed by atoms with Crippen molar-refractivity contribution in [3.05, 3.63) is 64.2 Å². The molecule has 0 saturated carbocycles. The second-order valence-electron chi connectivity index (χ2n) is 6.37. The largest absolute Gasteiger partial charge is 0.348 e. The summed E-state index contributed by atoms with van der Waals surface area (Å²) in [5, 5.41) is 3.43. The van der Waals surface area contributed by atoms with E-state index in [1.807, 2.05) is 32.0 Å². The molecule has 1 N–H and O–H groups in total. The molecule has 5 nitrogen and oxygen atoms in total. The van der Waals surface area contributed by atoms with Crippen LogP contribution >= 0.6 is 11.6 Å². The first-order chi connectivity index (χ1) is 12.1. The molecule has 2 aromatic carbocycles. The van der Waals surface area contributed by atoms with E-state index in [-0.39, 0.29) is 23.4 Å². The van der Waals surface area contributed by atoms with Gasteiger partial charge in [0.25, 0.3) is 0 Å². The van der Waals surface area contributed by atoms with E-state index in [0.717, 1.165) is 15.4 Å². The SMILES string of the molecule is Cc1ccc(C)c(S(=O)(=O)N(C)CC(=O)NC(C)c2ccc(Cl)cc2)c1. The number of hydrogen-bond donors (Lipinski definition) is 1. The Bertz CT molecular complexity index is 896. The number of nitrogens with one attached hydrogen (secondary N) is 1. The molecular formula is C19H23ClN2O3S. The highest BCUT2D eigenvalue weighted by atomic mass is 35.5. The fourth-order valence-corrected chi connectivity index (χ4v) is 4.12. The number of aryl methyl sites for hydroxylation is 2. The molecule has 1 amide bonds. The minimum Gasteiger partial charge on any atom is -0.348 e. The Balaban J connectivity index is 2.08. The van der Waals surface area contributed by atoms with Crippen molar-refractivity contribution >= 4 is 27.5 Å². The van der Waals surface area contributed by atoms with Crippen molar-refractivity contribution in [1.29, 1.82) is 0 Å². The van der Waals surface area contributed by atoms with Crippen molar-refractivity contribution in [1.82, 2.24) is 9.62 Å². The van der Waals surface area contributed by atoms with Gasteiger partial charge in [-0.3, -0.25) is 4.79 Å². The highest BCUT2D eigenvalue weighted by Crippen LogP contribution is 2.20. The molecule has 26 heavy (non-hydrogen) atoms. The molecule has 2 rings (SSSR count). The van der Waals surface area contributed by atoms with E-state index < -0.39 is 10.0 Å². The molecule has 0 spiro atoms. The number of carbonyl (C=O) groups is 1. The van der Waals surface area contributed by atoms with Crippen LogP contribution in [0.5, 0.6) is 0 Å². The van der Waals surface area contributed by atoms with Crippen LogP contribution in [-0.4, -0.2) is 32.2 Å². The summed E-state index contributed by atoms with van der Waals surface area (Å²) >= 11 is 5.86. The lowest BCUT2D eigenvalue weighted by Crippen LogP contribution is -2.39. The third-order valence-corrected chi connectivity index (χ3v) is 6.34. The standard InChI is InChI=1S/C19H23ClN2O3S/c1-13-5-6-14(2)18(11-13)26(24,25)22(4)12-19(23)21-15(3)16-7-9-17(20)10-8-16/h5-11,15H,12H2,1-4H3,(H,21,23). The Hall–Kier alpha value is -1.89. The van der Waals surface area contributed by atoms with Gasteiger partial charge < -0.3 is 5.32 Å². The highest BCUT2D eigenvalue weighted by Gasteiger charge is 2.25. The predicted molar refractivity (Wildman–Crippen MR) is 104 cm³/mol. The van der Waals surface area contributed by atoms with Crippen LogP contribution in [0.15, 0.2) is 47.4 Å². The van der Waals surface area contributed by atoms with Gasteiger partial charge in [-0.15, -0.1) is 0 Å². The Morgan fingerprint density at radius 1 is 1.15 bits per heavy atom. The smallest absolute Gasteiger partial charge is 0.243 e. The van der Waals surface area contributed by atoms with Gasteiger partial charge in [0, 0.05) is 12.1 Å². The Morgan fingerprint density at radius 2 is 1.77 bits per heavy atom. The number of halogens is 1. The normalized spacial score (nSPS) is 12.8. The fourth-order valence-electron chi connectivity index (χ4n) is 2.56. The average Bonchev–Trinajstić information content (AvgIpc) is 2.57. The third-order valence-electron chi connectivity index (χ3n) is 4.15. The molecule has 0 aliphatic carbocycles. The monoisotopic (exact) mass is 394 g/mol. The summed E-state index contributed by atoms with van der Waals surface area (Å²) in [6, 6.07) is 12.1. The van der Waals surface area contributed by atoms with Crippen LogP contribution in [0.1, 0.15) is 29.7 Å². The third kappa shape index (κ3) is 4.84. The van der Waals surface area contributed by atoms with Crippen LogP contribution < -0.4 is 5.32 Å². The minimum atomic E-state index is -3.74. The fraction of sp³-hybridized carbons (Fsp3) is 0.316. The molecule has 0 heterocycles. The van der Waals surface area contributed by atoms with Crippen LogP contribution in [0.2, 0.25) is 5.02 Å². The topological polar surface area (TPSA) is 66.5 Å². The molecule has 0 saturated heterocycles. The summed E-state index contributed by atoms with van der Waals surface area (Å²) in [6.45, 7) is 5.15. The van der Waals surface area contributed by atoms with E-state index in [0.29, 0.717) is 10.6 Å². The van der Waals surface area contributed by atoms with Gasteiger partial charge in [0.1, 0.15) is 0 Å². The second-order valence-corrected chi connectivity index (χ2v) is 8.82. The number of nitrogens with zero attached hydrogens (tertiary/aromatic N) is 1. The summed E-state index contributed by atoms with van der Waals surface area (Å²) in [4.78, 5) is 12.5. The maximum absolute atomic E-state index is 12.8. The van der Waals surface area contributed by atoms with Crippen molar-refractivity contribution in [3.63, 3.8) is 0 Å². The number of hydrogen-bond acceptors (Lipinski definition) is 3. The predicted octanol–water partition coefficient (Wildman–Crippen LogP) is 3.45. The number of likely N-dealkylation sites (N-methyl/N-ethyl adjacent to an activating group) is 1. The number of sulfonamides is 1. The summed E-state index contributed by atoms with van der Waals surface area (Å²) < 4.78 is 26.6. The number of carbonyl (C=O) groups excluding carboxylic acids is 1.